The van der Waals surface area contributed by atoms with Crippen molar-refractivity contribution in [3.05, 3.63) is 35.4 Å². The molecule has 0 aliphatic rings. The first-order valence-corrected chi connectivity index (χ1v) is 5.48. The van der Waals surface area contributed by atoms with Gasteiger partial charge in [-0.3, -0.25) is 0 Å². The third kappa shape index (κ3) is 1.92. The summed E-state index contributed by atoms with van der Waals surface area (Å²) in [6.45, 7) is 1.68. The molecule has 0 aliphatic heterocycles. The first kappa shape index (κ1) is 10.3. The number of rotatable bonds is 2. The van der Waals surface area contributed by atoms with E-state index in [0.717, 1.165) is 0 Å². The summed E-state index contributed by atoms with van der Waals surface area (Å²) in [5.74, 6) is 0.626. The highest BCUT2D eigenvalue weighted by molar-refractivity contribution is 9.08. The van der Waals surface area contributed by atoms with Crippen molar-refractivity contribution in [2.75, 3.05) is 0 Å². The van der Waals surface area contributed by atoms with Gasteiger partial charge in [-0.05, 0) is 24.6 Å². The lowest BCUT2D eigenvalue weighted by Crippen LogP contribution is -1.88. The van der Waals surface area contributed by atoms with Crippen molar-refractivity contribution in [1.29, 1.82) is 0 Å². The molecule has 1 heterocycles. The van der Waals surface area contributed by atoms with Gasteiger partial charge in [0.1, 0.15) is 5.82 Å². The van der Waals surface area contributed by atoms with Gasteiger partial charge in [0.05, 0.1) is 5.33 Å². The molecule has 78 valence electrons. The fourth-order valence-electron chi connectivity index (χ4n) is 1.26. The van der Waals surface area contributed by atoms with Crippen molar-refractivity contribution in [3.63, 3.8) is 0 Å². The number of aromatic nitrogens is 2. The van der Waals surface area contributed by atoms with Gasteiger partial charge >= 0.3 is 0 Å². The van der Waals surface area contributed by atoms with Crippen molar-refractivity contribution < 1.29 is 8.91 Å². The third-order valence-electron chi connectivity index (χ3n) is 2.09. The van der Waals surface area contributed by atoms with E-state index in [2.05, 4.69) is 26.1 Å². The fourth-order valence-corrected chi connectivity index (χ4v) is 1.48. The highest BCUT2D eigenvalue weighted by atomic mass is 79.9. The van der Waals surface area contributed by atoms with Crippen LogP contribution in [0.25, 0.3) is 11.5 Å². The number of alkyl halides is 1. The molecule has 5 heteroatoms. The molecule has 0 aliphatic carbocycles. The van der Waals surface area contributed by atoms with E-state index >= 15 is 0 Å². The summed E-state index contributed by atoms with van der Waals surface area (Å²) in [7, 11) is 0. The Morgan fingerprint density at radius 2 is 2.27 bits per heavy atom. The molecule has 0 radical (unpaired) electrons. The topological polar surface area (TPSA) is 38.9 Å². The van der Waals surface area contributed by atoms with Gasteiger partial charge < -0.3 is 4.52 Å². The number of hydrogen-bond acceptors (Lipinski definition) is 3. The van der Waals surface area contributed by atoms with Crippen molar-refractivity contribution in [3.8, 4) is 11.5 Å². The van der Waals surface area contributed by atoms with E-state index in [9.17, 15) is 4.39 Å². The van der Waals surface area contributed by atoms with E-state index in [1.807, 2.05) is 0 Å². The molecule has 1 aromatic heterocycles. The van der Waals surface area contributed by atoms with Gasteiger partial charge in [-0.2, -0.15) is 4.98 Å². The van der Waals surface area contributed by atoms with Gasteiger partial charge in [0.15, 0.2) is 5.82 Å². The Hall–Kier alpha value is -1.23. The standard InChI is InChI=1S/C10H8BrFN2O/c1-6-7(3-2-4-8(6)12)10-13-9(5-11)14-15-10/h2-4H,5H2,1H3. The Labute approximate surface area is 94.4 Å². The van der Waals surface area contributed by atoms with Crippen LogP contribution in [0.4, 0.5) is 4.39 Å². The molecule has 0 atom stereocenters. The van der Waals surface area contributed by atoms with Crippen LogP contribution in [0.1, 0.15) is 11.4 Å². The zero-order chi connectivity index (χ0) is 10.8. The van der Waals surface area contributed by atoms with Crippen LogP contribution < -0.4 is 0 Å². The Balaban J connectivity index is 2.49. The number of benzene rings is 1. The average molecular weight is 271 g/mol. The molecule has 0 saturated carbocycles. The lowest BCUT2D eigenvalue weighted by Gasteiger charge is -2.00. The molecular formula is C10H8BrFN2O. The second kappa shape index (κ2) is 4.10. The largest absolute Gasteiger partial charge is 0.334 e. The van der Waals surface area contributed by atoms with Gasteiger partial charge in [-0.15, -0.1) is 0 Å². The maximum Gasteiger partial charge on any atom is 0.258 e. The molecule has 0 bridgehead atoms. The van der Waals surface area contributed by atoms with E-state index < -0.39 is 0 Å². The molecule has 0 fully saturated rings. The fraction of sp³-hybridized carbons (Fsp3) is 0.200. The van der Waals surface area contributed by atoms with Crippen LogP contribution in [0.15, 0.2) is 22.7 Å². The zero-order valence-electron chi connectivity index (χ0n) is 8.00. The molecule has 15 heavy (non-hydrogen) atoms. The van der Waals surface area contributed by atoms with Gasteiger partial charge in [0, 0.05) is 5.56 Å². The smallest absolute Gasteiger partial charge is 0.258 e. The van der Waals surface area contributed by atoms with Crippen molar-refractivity contribution in [2.45, 2.75) is 12.3 Å². The monoisotopic (exact) mass is 270 g/mol. The summed E-state index contributed by atoms with van der Waals surface area (Å²) in [6, 6.07) is 4.78. The normalized spacial score (nSPS) is 10.6. The number of halogens is 2. The van der Waals surface area contributed by atoms with E-state index in [4.69, 9.17) is 4.52 Å². The second-order valence-corrected chi connectivity index (χ2v) is 3.62. The predicted molar refractivity (Wildman–Crippen MR) is 57.1 cm³/mol. The first-order valence-electron chi connectivity index (χ1n) is 4.36. The quantitative estimate of drug-likeness (QED) is 0.788. The SMILES string of the molecule is Cc1c(F)cccc1-c1nc(CBr)no1. The van der Waals surface area contributed by atoms with Crippen molar-refractivity contribution >= 4 is 15.9 Å². The number of hydrogen-bond donors (Lipinski definition) is 0. The summed E-state index contributed by atoms with van der Waals surface area (Å²) >= 11 is 3.22. The van der Waals surface area contributed by atoms with Gasteiger partial charge in [0.2, 0.25) is 0 Å². The van der Waals surface area contributed by atoms with Crippen LogP contribution in [0.3, 0.4) is 0 Å². The molecule has 2 aromatic rings. The summed E-state index contributed by atoms with van der Waals surface area (Å²) in [5.41, 5.74) is 1.15. The summed E-state index contributed by atoms with van der Waals surface area (Å²) < 4.78 is 18.3. The third-order valence-corrected chi connectivity index (χ3v) is 2.59. The van der Waals surface area contributed by atoms with E-state index in [0.29, 0.717) is 28.2 Å². The van der Waals surface area contributed by atoms with Crippen LogP contribution in [-0.4, -0.2) is 10.1 Å². The lowest BCUT2D eigenvalue weighted by molar-refractivity contribution is 0.424. The molecule has 0 spiro atoms. The minimum absolute atomic E-state index is 0.272. The Morgan fingerprint density at radius 1 is 1.47 bits per heavy atom. The van der Waals surface area contributed by atoms with Crippen LogP contribution in [-0.2, 0) is 5.33 Å². The van der Waals surface area contributed by atoms with Crippen molar-refractivity contribution in [1.82, 2.24) is 10.1 Å². The van der Waals surface area contributed by atoms with E-state index in [1.54, 1.807) is 19.1 Å². The minimum atomic E-state index is -0.272. The Morgan fingerprint density at radius 3 is 2.93 bits per heavy atom. The highest BCUT2D eigenvalue weighted by Gasteiger charge is 2.12. The van der Waals surface area contributed by atoms with Gasteiger partial charge in [-0.1, -0.05) is 27.2 Å². The highest BCUT2D eigenvalue weighted by Crippen LogP contribution is 2.23. The van der Waals surface area contributed by atoms with Crippen LogP contribution in [0, 0.1) is 12.7 Å². The van der Waals surface area contributed by atoms with E-state index in [-0.39, 0.29) is 5.82 Å². The number of nitrogens with zero attached hydrogens (tertiary/aromatic N) is 2. The maximum atomic E-state index is 13.3. The second-order valence-electron chi connectivity index (χ2n) is 3.06. The molecule has 0 amide bonds. The summed E-state index contributed by atoms with van der Waals surface area (Å²) in [6.07, 6.45) is 0. The van der Waals surface area contributed by atoms with Gasteiger partial charge in [0.25, 0.3) is 5.89 Å². The first-order chi connectivity index (χ1) is 7.22. The Bertz CT molecular complexity index is 484. The molecule has 3 nitrogen and oxygen atoms in total. The predicted octanol–water partition coefficient (Wildman–Crippen LogP) is 3.08. The Kier molecular flexibility index (Phi) is 2.81. The summed E-state index contributed by atoms with van der Waals surface area (Å²) in [4.78, 5) is 4.11. The lowest BCUT2D eigenvalue weighted by atomic mass is 10.1. The summed E-state index contributed by atoms with van der Waals surface area (Å²) in [5, 5.41) is 4.25. The van der Waals surface area contributed by atoms with Crippen LogP contribution >= 0.6 is 15.9 Å². The average Bonchev–Trinajstić information content (AvgIpc) is 2.70. The van der Waals surface area contributed by atoms with E-state index in [1.165, 1.54) is 6.07 Å². The van der Waals surface area contributed by atoms with Crippen LogP contribution in [0.5, 0.6) is 0 Å². The zero-order valence-corrected chi connectivity index (χ0v) is 9.58. The minimum Gasteiger partial charge on any atom is -0.334 e. The molecule has 0 unspecified atom stereocenters. The molecule has 0 N–H and O–H groups in total. The molecular weight excluding hydrogens is 263 g/mol. The van der Waals surface area contributed by atoms with Crippen LogP contribution in [0.2, 0.25) is 0 Å². The maximum absolute atomic E-state index is 13.3. The molecule has 2 rings (SSSR count). The van der Waals surface area contributed by atoms with Crippen molar-refractivity contribution in [2.24, 2.45) is 0 Å². The molecule has 0 saturated heterocycles. The van der Waals surface area contributed by atoms with Gasteiger partial charge in [-0.25, -0.2) is 4.39 Å². The molecule has 1 aromatic carbocycles.